The predicted molar refractivity (Wildman–Crippen MR) is 81.0 cm³/mol. The van der Waals surface area contributed by atoms with Crippen molar-refractivity contribution in [2.75, 3.05) is 25.1 Å². The van der Waals surface area contributed by atoms with Gasteiger partial charge in [0.1, 0.15) is 0 Å². The van der Waals surface area contributed by atoms with Gasteiger partial charge in [0, 0.05) is 37.6 Å². The lowest BCUT2D eigenvalue weighted by Gasteiger charge is -2.28. The van der Waals surface area contributed by atoms with E-state index >= 15 is 0 Å². The Balaban J connectivity index is 3.14. The van der Waals surface area contributed by atoms with Crippen LogP contribution in [-0.4, -0.2) is 34.5 Å². The number of carbonyl (C=O) groups is 1. The summed E-state index contributed by atoms with van der Waals surface area (Å²) in [5, 5.41) is 3.62. The summed E-state index contributed by atoms with van der Waals surface area (Å²) in [5.74, 6) is -0.112. The number of benzene rings is 1. The molecule has 0 radical (unpaired) electrons. The van der Waals surface area contributed by atoms with Gasteiger partial charge >= 0.3 is 8.80 Å². The summed E-state index contributed by atoms with van der Waals surface area (Å²) in [6.45, 7) is 8.75. The second-order valence-corrected chi connectivity index (χ2v) is 6.67. The molecule has 112 valence electrons. The molecule has 1 aromatic rings. The van der Waals surface area contributed by atoms with Crippen LogP contribution in [-0.2, 0) is 18.1 Å². The third kappa shape index (κ3) is 4.41. The number of amides is 1. The van der Waals surface area contributed by atoms with Crippen LogP contribution in [0.25, 0.3) is 0 Å². The molecule has 0 unspecified atom stereocenters. The van der Waals surface area contributed by atoms with Gasteiger partial charge in [-0.2, -0.15) is 0 Å². The molecule has 0 saturated carbocycles. The van der Waals surface area contributed by atoms with Crippen LogP contribution in [0.3, 0.4) is 0 Å². The topological polar surface area (TPSA) is 56.8 Å². The van der Waals surface area contributed by atoms with Gasteiger partial charge in [-0.1, -0.05) is 12.1 Å². The van der Waals surface area contributed by atoms with Gasteiger partial charge in [0.25, 0.3) is 0 Å². The van der Waals surface area contributed by atoms with E-state index < -0.39 is 8.80 Å². The van der Waals surface area contributed by atoms with Crippen LogP contribution < -0.4 is 10.5 Å². The van der Waals surface area contributed by atoms with E-state index in [0.29, 0.717) is 25.5 Å². The van der Waals surface area contributed by atoms with Crippen LogP contribution in [0, 0.1) is 0 Å². The molecular formula is C14H23NO4Si. The zero-order valence-corrected chi connectivity index (χ0v) is 13.6. The number of hydrogen-bond acceptors (Lipinski definition) is 4. The molecule has 5 nitrogen and oxygen atoms in total. The van der Waals surface area contributed by atoms with E-state index in [1.165, 1.54) is 6.92 Å². The molecule has 0 fully saturated rings. The van der Waals surface area contributed by atoms with Gasteiger partial charge in [-0.15, -0.1) is 0 Å². The van der Waals surface area contributed by atoms with E-state index in [1.54, 1.807) is 0 Å². The van der Waals surface area contributed by atoms with Crippen LogP contribution in [0.2, 0.25) is 0 Å². The van der Waals surface area contributed by atoms with Crippen molar-refractivity contribution < 1.29 is 18.1 Å². The van der Waals surface area contributed by atoms with E-state index in [0.717, 1.165) is 5.19 Å². The molecule has 0 atom stereocenters. The highest BCUT2D eigenvalue weighted by atomic mass is 28.4. The number of hydrogen-bond donors (Lipinski definition) is 1. The average molecular weight is 297 g/mol. The molecule has 0 aliphatic carbocycles. The molecule has 1 amide bonds. The Hall–Kier alpha value is -1.21. The maximum atomic E-state index is 11.2. The lowest BCUT2D eigenvalue weighted by atomic mass is 10.3. The molecule has 0 aliphatic rings. The lowest BCUT2D eigenvalue weighted by Crippen LogP contribution is -2.56. The highest BCUT2D eigenvalue weighted by Crippen LogP contribution is 2.14. The summed E-state index contributed by atoms with van der Waals surface area (Å²) >= 11 is 0. The number of nitrogens with one attached hydrogen (secondary N) is 1. The fourth-order valence-corrected chi connectivity index (χ4v) is 4.46. The third-order valence-corrected chi connectivity index (χ3v) is 5.56. The molecule has 1 aromatic carbocycles. The van der Waals surface area contributed by atoms with Crippen molar-refractivity contribution in [3.05, 3.63) is 24.3 Å². The van der Waals surface area contributed by atoms with Gasteiger partial charge in [-0.25, -0.2) is 0 Å². The Labute approximate surface area is 121 Å². The van der Waals surface area contributed by atoms with Gasteiger partial charge in [0.2, 0.25) is 5.91 Å². The van der Waals surface area contributed by atoms with Crippen LogP contribution in [0.15, 0.2) is 24.3 Å². The molecule has 1 N–H and O–H groups in total. The Kier molecular flexibility index (Phi) is 6.87. The smallest absolute Gasteiger partial charge is 0.370 e. The fourth-order valence-electron chi connectivity index (χ4n) is 1.94. The minimum Gasteiger partial charge on any atom is -0.370 e. The molecular weight excluding hydrogens is 274 g/mol. The Bertz CT molecular complexity index is 422. The zero-order valence-electron chi connectivity index (χ0n) is 12.6. The average Bonchev–Trinajstić information content (AvgIpc) is 2.39. The van der Waals surface area contributed by atoms with Gasteiger partial charge in [-0.3, -0.25) is 4.79 Å². The molecule has 1 rings (SSSR count). The van der Waals surface area contributed by atoms with Gasteiger partial charge in [0.15, 0.2) is 0 Å². The SMILES string of the molecule is CCO[Si](OCC)(OCC)c1cccc(NC(C)=O)c1. The predicted octanol–water partition coefficient (Wildman–Crippen LogP) is 1.90. The third-order valence-electron chi connectivity index (χ3n) is 2.54. The largest absolute Gasteiger partial charge is 0.537 e. The van der Waals surface area contributed by atoms with Gasteiger partial charge in [0.05, 0.1) is 0 Å². The highest BCUT2D eigenvalue weighted by molar-refractivity contribution is 6.75. The normalized spacial score (nSPS) is 11.4. The summed E-state index contributed by atoms with van der Waals surface area (Å²) in [4.78, 5) is 11.2. The minimum absolute atomic E-state index is 0.112. The Morgan fingerprint density at radius 1 is 1.10 bits per heavy atom. The Morgan fingerprint density at radius 3 is 2.10 bits per heavy atom. The molecule has 0 heterocycles. The van der Waals surface area contributed by atoms with Crippen molar-refractivity contribution in [3.63, 3.8) is 0 Å². The first-order chi connectivity index (χ1) is 9.57. The summed E-state index contributed by atoms with van der Waals surface area (Å²) in [5.41, 5.74) is 0.714. The van der Waals surface area contributed by atoms with E-state index in [9.17, 15) is 4.79 Å². The molecule has 0 aliphatic heterocycles. The molecule has 6 heteroatoms. The van der Waals surface area contributed by atoms with Gasteiger partial charge < -0.3 is 18.6 Å². The van der Waals surface area contributed by atoms with Crippen molar-refractivity contribution in [1.29, 1.82) is 0 Å². The molecule has 0 aromatic heterocycles. The van der Waals surface area contributed by atoms with Crippen molar-refractivity contribution in [2.24, 2.45) is 0 Å². The maximum absolute atomic E-state index is 11.2. The zero-order chi connectivity index (χ0) is 15.0. The summed E-state index contributed by atoms with van der Waals surface area (Å²) in [7, 11) is -2.91. The quantitative estimate of drug-likeness (QED) is 0.745. The summed E-state index contributed by atoms with van der Waals surface area (Å²) in [6, 6.07) is 7.46. The summed E-state index contributed by atoms with van der Waals surface area (Å²) in [6.07, 6.45) is 0. The first-order valence-corrected chi connectivity index (χ1v) is 8.60. The van der Waals surface area contributed by atoms with Crippen LogP contribution in [0.5, 0.6) is 0 Å². The molecule has 0 spiro atoms. The summed E-state index contributed by atoms with van der Waals surface area (Å²) < 4.78 is 17.5. The van der Waals surface area contributed by atoms with Gasteiger partial charge in [-0.05, 0) is 32.9 Å². The van der Waals surface area contributed by atoms with Crippen molar-refractivity contribution in [2.45, 2.75) is 27.7 Å². The van der Waals surface area contributed by atoms with E-state index in [1.807, 2.05) is 45.0 Å². The number of rotatable bonds is 8. The standard InChI is InChI=1S/C14H23NO4Si/c1-5-17-20(18-6-2,19-7-3)14-10-8-9-13(11-14)15-12(4)16/h8-11H,5-7H2,1-4H3,(H,15,16). The lowest BCUT2D eigenvalue weighted by molar-refractivity contribution is -0.114. The van der Waals surface area contributed by atoms with Crippen LogP contribution >= 0.6 is 0 Å². The van der Waals surface area contributed by atoms with E-state index in [2.05, 4.69) is 5.32 Å². The molecule has 0 bridgehead atoms. The minimum atomic E-state index is -2.91. The fraction of sp³-hybridized carbons (Fsp3) is 0.500. The second-order valence-electron chi connectivity index (χ2n) is 4.12. The van der Waals surface area contributed by atoms with Crippen molar-refractivity contribution >= 4 is 25.6 Å². The van der Waals surface area contributed by atoms with Crippen molar-refractivity contribution in [1.82, 2.24) is 0 Å². The Morgan fingerprint density at radius 2 is 1.65 bits per heavy atom. The van der Waals surface area contributed by atoms with E-state index in [-0.39, 0.29) is 5.91 Å². The van der Waals surface area contributed by atoms with Crippen LogP contribution in [0.4, 0.5) is 5.69 Å². The van der Waals surface area contributed by atoms with Crippen molar-refractivity contribution in [3.8, 4) is 0 Å². The molecule has 20 heavy (non-hydrogen) atoms. The second kappa shape index (κ2) is 8.16. The first-order valence-electron chi connectivity index (χ1n) is 6.88. The molecule has 0 saturated heterocycles. The van der Waals surface area contributed by atoms with E-state index in [4.69, 9.17) is 13.3 Å². The number of carbonyl (C=O) groups excluding carboxylic acids is 1. The highest BCUT2D eigenvalue weighted by Gasteiger charge is 2.43. The maximum Gasteiger partial charge on any atom is 0.537 e. The number of anilines is 1. The van der Waals surface area contributed by atoms with Crippen LogP contribution in [0.1, 0.15) is 27.7 Å². The first kappa shape index (κ1) is 16.8. The monoisotopic (exact) mass is 297 g/mol.